The van der Waals surface area contributed by atoms with Crippen LogP contribution in [0.5, 0.6) is 17.2 Å². The second kappa shape index (κ2) is 8.52. The number of aromatic hydroxyl groups is 1. The van der Waals surface area contributed by atoms with Gasteiger partial charge in [-0.2, -0.15) is 0 Å². The van der Waals surface area contributed by atoms with Gasteiger partial charge in [0, 0.05) is 6.08 Å². The van der Waals surface area contributed by atoms with Crippen molar-refractivity contribution in [3.8, 4) is 17.2 Å². The first-order chi connectivity index (χ1) is 12.8. The summed E-state index contributed by atoms with van der Waals surface area (Å²) in [4.78, 5) is 35.5. The number of ether oxygens (including phenoxy) is 4. The minimum atomic E-state index is -1.82. The maximum atomic E-state index is 12.0. The number of methoxy groups -OCH3 is 2. The van der Waals surface area contributed by atoms with Crippen LogP contribution in [0.3, 0.4) is 0 Å². The predicted octanol–water partition coefficient (Wildman–Crippen LogP) is -0.818. The topological polar surface area (TPSA) is 149 Å². The molecule has 0 amide bonds. The van der Waals surface area contributed by atoms with E-state index >= 15 is 0 Å². The number of cyclic esters (lactones) is 1. The molecule has 10 heteroatoms. The molecule has 0 saturated carbocycles. The van der Waals surface area contributed by atoms with Crippen LogP contribution in [-0.2, 0) is 23.9 Å². The zero-order valence-corrected chi connectivity index (χ0v) is 14.4. The Bertz CT molecular complexity index is 744. The van der Waals surface area contributed by atoms with Gasteiger partial charge in [0.25, 0.3) is 6.10 Å². The zero-order chi connectivity index (χ0) is 20.1. The van der Waals surface area contributed by atoms with Crippen molar-refractivity contribution < 1.29 is 48.7 Å². The fraction of sp³-hybridized carbons (Fsp3) is 0.353. The van der Waals surface area contributed by atoms with E-state index in [4.69, 9.17) is 19.3 Å². The van der Waals surface area contributed by atoms with Gasteiger partial charge in [-0.05, 0) is 23.8 Å². The summed E-state index contributed by atoms with van der Waals surface area (Å²) >= 11 is 0. The van der Waals surface area contributed by atoms with Gasteiger partial charge >= 0.3 is 11.9 Å². The quantitative estimate of drug-likeness (QED) is 0.310. The largest absolute Gasteiger partial charge is 0.502 e. The van der Waals surface area contributed by atoms with Crippen molar-refractivity contribution >= 4 is 23.8 Å². The van der Waals surface area contributed by atoms with E-state index in [-0.39, 0.29) is 17.2 Å². The Labute approximate surface area is 153 Å². The Kier molecular flexibility index (Phi) is 6.37. The van der Waals surface area contributed by atoms with Crippen molar-refractivity contribution in [2.45, 2.75) is 18.3 Å². The number of hydrogen-bond acceptors (Lipinski definition) is 10. The Morgan fingerprint density at radius 2 is 1.85 bits per heavy atom. The molecular formula is C17H18O10. The molecule has 0 aromatic heterocycles. The summed E-state index contributed by atoms with van der Waals surface area (Å²) in [5, 5.41) is 28.1. The van der Waals surface area contributed by atoms with E-state index in [0.29, 0.717) is 5.56 Å². The molecule has 1 aliphatic heterocycles. The van der Waals surface area contributed by atoms with E-state index in [9.17, 15) is 24.6 Å². The van der Waals surface area contributed by atoms with Gasteiger partial charge in [-0.25, -0.2) is 9.59 Å². The Morgan fingerprint density at radius 3 is 2.37 bits per heavy atom. The molecule has 146 valence electrons. The number of Topliss-reactive ketones (excluding diaryl/α,β-unsaturated/α-hetero) is 1. The minimum absolute atomic E-state index is 0.109. The average Bonchev–Trinajstić information content (AvgIpc) is 2.94. The third-order valence-electron chi connectivity index (χ3n) is 3.68. The molecule has 1 aliphatic rings. The number of aliphatic hydroxyl groups is 2. The van der Waals surface area contributed by atoms with Crippen LogP contribution in [0, 0.1) is 0 Å². The molecule has 0 bridgehead atoms. The van der Waals surface area contributed by atoms with Crippen LogP contribution < -0.4 is 9.47 Å². The number of esters is 2. The van der Waals surface area contributed by atoms with E-state index in [1.807, 2.05) is 0 Å². The van der Waals surface area contributed by atoms with E-state index in [0.717, 1.165) is 6.08 Å². The molecule has 1 aromatic rings. The fourth-order valence-electron chi connectivity index (χ4n) is 2.31. The summed E-state index contributed by atoms with van der Waals surface area (Å²) in [5.41, 5.74) is 0.410. The first kappa shape index (κ1) is 20.2. The number of rotatable bonds is 7. The SMILES string of the molecule is COc1cc(C=CC(=O)OC2C(=O)O[C@H]([C@@H](O)CO)C2=O)cc(OC)c1O. The number of hydrogen-bond donors (Lipinski definition) is 3. The average molecular weight is 382 g/mol. The number of carbonyl (C=O) groups excluding carboxylic acids is 3. The summed E-state index contributed by atoms with van der Waals surface area (Å²) in [6, 6.07) is 2.84. The highest BCUT2D eigenvalue weighted by atomic mass is 16.6. The highest BCUT2D eigenvalue weighted by Gasteiger charge is 2.49. The van der Waals surface area contributed by atoms with E-state index in [1.54, 1.807) is 0 Å². The van der Waals surface area contributed by atoms with Gasteiger partial charge < -0.3 is 34.3 Å². The van der Waals surface area contributed by atoms with Gasteiger partial charge in [0.2, 0.25) is 11.5 Å². The van der Waals surface area contributed by atoms with Gasteiger partial charge in [-0.15, -0.1) is 0 Å². The minimum Gasteiger partial charge on any atom is -0.502 e. The number of aliphatic hydroxyl groups excluding tert-OH is 2. The Morgan fingerprint density at radius 1 is 1.26 bits per heavy atom. The molecular weight excluding hydrogens is 364 g/mol. The normalized spacial score (nSPS) is 20.4. The van der Waals surface area contributed by atoms with Gasteiger partial charge in [0.1, 0.15) is 6.10 Å². The maximum Gasteiger partial charge on any atom is 0.356 e. The molecule has 3 N–H and O–H groups in total. The molecule has 10 nitrogen and oxygen atoms in total. The van der Waals surface area contributed by atoms with Crippen LogP contribution in [0.15, 0.2) is 18.2 Å². The first-order valence-corrected chi connectivity index (χ1v) is 7.69. The van der Waals surface area contributed by atoms with Crippen molar-refractivity contribution in [2.24, 2.45) is 0 Å². The molecule has 1 heterocycles. The molecule has 0 aliphatic carbocycles. The van der Waals surface area contributed by atoms with Crippen LogP contribution >= 0.6 is 0 Å². The molecule has 2 rings (SSSR count). The third kappa shape index (κ3) is 4.36. The third-order valence-corrected chi connectivity index (χ3v) is 3.68. The molecule has 0 radical (unpaired) electrons. The van der Waals surface area contributed by atoms with Crippen LogP contribution in [0.1, 0.15) is 5.56 Å². The molecule has 1 unspecified atom stereocenters. The molecule has 0 spiro atoms. The fourth-order valence-corrected chi connectivity index (χ4v) is 2.31. The summed E-state index contributed by atoms with van der Waals surface area (Å²) in [6.07, 6.45) is -2.77. The van der Waals surface area contributed by atoms with Crippen molar-refractivity contribution in [3.63, 3.8) is 0 Å². The first-order valence-electron chi connectivity index (χ1n) is 7.69. The highest BCUT2D eigenvalue weighted by molar-refractivity contribution is 6.11. The highest BCUT2D eigenvalue weighted by Crippen LogP contribution is 2.37. The summed E-state index contributed by atoms with van der Waals surface area (Å²) in [5.74, 6) is -3.11. The Hall–Kier alpha value is -3.11. The molecule has 1 aromatic carbocycles. The summed E-state index contributed by atoms with van der Waals surface area (Å²) in [7, 11) is 2.68. The van der Waals surface area contributed by atoms with Gasteiger partial charge in [-0.3, -0.25) is 4.79 Å². The lowest BCUT2D eigenvalue weighted by Gasteiger charge is -2.12. The monoisotopic (exact) mass is 382 g/mol. The van der Waals surface area contributed by atoms with Gasteiger partial charge in [-0.1, -0.05) is 0 Å². The van der Waals surface area contributed by atoms with Crippen molar-refractivity contribution in [1.82, 2.24) is 0 Å². The maximum absolute atomic E-state index is 12.0. The number of phenolic OH excluding ortho intramolecular Hbond substituents is 1. The number of phenols is 1. The number of benzene rings is 1. The van der Waals surface area contributed by atoms with E-state index in [1.165, 1.54) is 32.4 Å². The second-order valence-corrected chi connectivity index (χ2v) is 5.43. The Balaban J connectivity index is 2.10. The standard InChI is InChI=1S/C17H18O10/c1-24-10-5-8(6-11(25-2)13(10)21)3-4-12(20)26-16-14(22)15(9(19)7-18)27-17(16)23/h3-6,9,15-16,18-19,21H,7H2,1-2H3/t9-,15+,16?/m0/s1. The van der Waals surface area contributed by atoms with Crippen LogP contribution in [-0.4, -0.2) is 72.2 Å². The van der Waals surface area contributed by atoms with Crippen molar-refractivity contribution in [3.05, 3.63) is 23.8 Å². The number of carbonyl (C=O) groups is 3. The smallest absolute Gasteiger partial charge is 0.356 e. The molecule has 27 heavy (non-hydrogen) atoms. The van der Waals surface area contributed by atoms with Crippen molar-refractivity contribution in [1.29, 1.82) is 0 Å². The lowest BCUT2D eigenvalue weighted by Crippen LogP contribution is -2.38. The predicted molar refractivity (Wildman–Crippen MR) is 88.1 cm³/mol. The zero-order valence-electron chi connectivity index (χ0n) is 14.4. The van der Waals surface area contributed by atoms with Gasteiger partial charge in [0.15, 0.2) is 17.6 Å². The van der Waals surface area contributed by atoms with Gasteiger partial charge in [0.05, 0.1) is 20.8 Å². The van der Waals surface area contributed by atoms with Crippen molar-refractivity contribution in [2.75, 3.05) is 20.8 Å². The van der Waals surface area contributed by atoms with E-state index in [2.05, 4.69) is 4.74 Å². The lowest BCUT2D eigenvalue weighted by atomic mass is 10.1. The summed E-state index contributed by atoms with van der Waals surface area (Å²) < 4.78 is 19.4. The summed E-state index contributed by atoms with van der Waals surface area (Å²) in [6.45, 7) is -0.797. The van der Waals surface area contributed by atoms with E-state index < -0.39 is 42.6 Å². The second-order valence-electron chi connectivity index (χ2n) is 5.43. The lowest BCUT2D eigenvalue weighted by molar-refractivity contribution is -0.159. The molecule has 1 fully saturated rings. The number of ketones is 1. The van der Waals surface area contributed by atoms with Crippen LogP contribution in [0.2, 0.25) is 0 Å². The van der Waals surface area contributed by atoms with Crippen LogP contribution in [0.25, 0.3) is 6.08 Å². The molecule has 3 atom stereocenters. The van der Waals surface area contributed by atoms with Crippen LogP contribution in [0.4, 0.5) is 0 Å². The molecule has 1 saturated heterocycles.